The van der Waals surface area contributed by atoms with Crippen LogP contribution in [0.5, 0.6) is 0 Å². The second-order valence-corrected chi connectivity index (χ2v) is 6.93. The van der Waals surface area contributed by atoms with Crippen LogP contribution in [0.1, 0.15) is 33.1 Å². The maximum Gasteiger partial charge on any atom is 0.222 e. The average Bonchev–Trinajstić information content (AvgIpc) is 3.02. The van der Waals surface area contributed by atoms with Crippen LogP contribution in [0.15, 0.2) is 30.3 Å². The third-order valence-corrected chi connectivity index (χ3v) is 5.36. The minimum Gasteiger partial charge on any atom is -0.346 e. The molecule has 2 saturated heterocycles. The van der Waals surface area contributed by atoms with Crippen LogP contribution < -0.4 is 4.90 Å². The van der Waals surface area contributed by atoms with Crippen LogP contribution in [0.2, 0.25) is 0 Å². The number of amides is 1. The topological polar surface area (TPSA) is 39.3 Å². The average molecular weight is 297 g/mol. The largest absolute Gasteiger partial charge is 0.346 e. The molecule has 2 atom stereocenters. The number of hydrogen-bond donors (Lipinski definition) is 1. The van der Waals surface area contributed by atoms with E-state index in [1.807, 2.05) is 6.92 Å². The standard InChI is InChI=1S/C18H23N3O/c1-3-17(22)20-11-14-8-9-18(2,12-20)21(14)16-10-13-6-4-5-7-15(13)19-16/h4-7,10,14,19H,3,8-9,11-12H2,1-2H3. The Morgan fingerprint density at radius 2 is 2.23 bits per heavy atom. The molecule has 3 heterocycles. The number of benzene rings is 1. The summed E-state index contributed by atoms with van der Waals surface area (Å²) in [6, 6.07) is 11.1. The number of aromatic nitrogens is 1. The van der Waals surface area contributed by atoms with E-state index < -0.39 is 0 Å². The summed E-state index contributed by atoms with van der Waals surface area (Å²) in [6.45, 7) is 5.95. The summed E-state index contributed by atoms with van der Waals surface area (Å²) in [6.07, 6.45) is 2.93. The van der Waals surface area contributed by atoms with Crippen LogP contribution in [-0.4, -0.2) is 40.5 Å². The summed E-state index contributed by atoms with van der Waals surface area (Å²) >= 11 is 0. The first-order valence-corrected chi connectivity index (χ1v) is 8.25. The number of piperazine rings is 1. The number of likely N-dealkylation sites (tertiary alicyclic amines) is 1. The number of carbonyl (C=O) groups is 1. The van der Waals surface area contributed by atoms with E-state index in [0.29, 0.717) is 12.5 Å². The van der Waals surface area contributed by atoms with E-state index in [9.17, 15) is 4.79 Å². The third kappa shape index (κ3) is 1.93. The van der Waals surface area contributed by atoms with E-state index in [0.717, 1.165) is 19.5 Å². The molecule has 1 aromatic carbocycles. The molecule has 2 aromatic rings. The number of aromatic amines is 1. The van der Waals surface area contributed by atoms with Crippen LogP contribution in [0.3, 0.4) is 0 Å². The lowest BCUT2D eigenvalue weighted by Gasteiger charge is -2.48. The smallest absolute Gasteiger partial charge is 0.222 e. The molecule has 2 unspecified atom stereocenters. The molecule has 22 heavy (non-hydrogen) atoms. The molecule has 2 fully saturated rings. The Hall–Kier alpha value is -1.97. The van der Waals surface area contributed by atoms with E-state index in [4.69, 9.17) is 0 Å². The predicted molar refractivity (Wildman–Crippen MR) is 89.1 cm³/mol. The Bertz CT molecular complexity index is 689. The fourth-order valence-electron chi connectivity index (χ4n) is 4.32. The van der Waals surface area contributed by atoms with E-state index in [1.165, 1.54) is 23.1 Å². The number of fused-ring (bicyclic) bond motifs is 3. The molecule has 0 saturated carbocycles. The van der Waals surface area contributed by atoms with Crippen molar-refractivity contribution in [2.24, 2.45) is 0 Å². The van der Waals surface area contributed by atoms with Crippen molar-refractivity contribution in [3.8, 4) is 0 Å². The number of para-hydroxylation sites is 1. The molecule has 1 N–H and O–H groups in total. The monoisotopic (exact) mass is 297 g/mol. The summed E-state index contributed by atoms with van der Waals surface area (Å²) in [4.78, 5) is 20.3. The highest BCUT2D eigenvalue weighted by Gasteiger charge is 2.49. The van der Waals surface area contributed by atoms with Gasteiger partial charge in [-0.25, -0.2) is 0 Å². The Balaban J connectivity index is 1.70. The van der Waals surface area contributed by atoms with Gasteiger partial charge in [0.25, 0.3) is 0 Å². The van der Waals surface area contributed by atoms with Gasteiger partial charge in [-0.3, -0.25) is 4.79 Å². The number of rotatable bonds is 2. The number of hydrogen-bond acceptors (Lipinski definition) is 2. The highest BCUT2D eigenvalue weighted by atomic mass is 16.2. The van der Waals surface area contributed by atoms with Gasteiger partial charge in [-0.1, -0.05) is 25.1 Å². The van der Waals surface area contributed by atoms with Crippen LogP contribution in [0, 0.1) is 0 Å². The van der Waals surface area contributed by atoms with Crippen LogP contribution >= 0.6 is 0 Å². The van der Waals surface area contributed by atoms with Crippen molar-refractivity contribution < 1.29 is 4.79 Å². The van der Waals surface area contributed by atoms with Gasteiger partial charge in [0.2, 0.25) is 5.91 Å². The molecule has 1 amide bonds. The number of H-pyrrole nitrogens is 1. The summed E-state index contributed by atoms with van der Waals surface area (Å²) in [5, 5.41) is 1.26. The summed E-state index contributed by atoms with van der Waals surface area (Å²) < 4.78 is 0. The van der Waals surface area contributed by atoms with Gasteiger partial charge in [-0.05, 0) is 31.9 Å². The zero-order chi connectivity index (χ0) is 15.3. The molecular formula is C18H23N3O. The van der Waals surface area contributed by atoms with Gasteiger partial charge < -0.3 is 14.8 Å². The maximum atomic E-state index is 12.1. The number of carbonyl (C=O) groups excluding carboxylic acids is 1. The van der Waals surface area contributed by atoms with Gasteiger partial charge in [0.05, 0.1) is 5.54 Å². The molecule has 2 aliphatic heterocycles. The summed E-state index contributed by atoms with van der Waals surface area (Å²) in [5.74, 6) is 1.49. The molecular weight excluding hydrogens is 274 g/mol. The molecule has 1 aromatic heterocycles. The first kappa shape index (κ1) is 13.7. The predicted octanol–water partition coefficient (Wildman–Crippen LogP) is 3.15. The zero-order valence-electron chi connectivity index (χ0n) is 13.3. The van der Waals surface area contributed by atoms with Gasteiger partial charge in [0, 0.05) is 36.5 Å². The van der Waals surface area contributed by atoms with E-state index in [1.54, 1.807) is 0 Å². The van der Waals surface area contributed by atoms with Crippen molar-refractivity contribution in [3.63, 3.8) is 0 Å². The van der Waals surface area contributed by atoms with E-state index in [-0.39, 0.29) is 11.4 Å². The number of anilines is 1. The summed E-state index contributed by atoms with van der Waals surface area (Å²) in [5.41, 5.74) is 1.24. The number of nitrogens with one attached hydrogen (secondary N) is 1. The second kappa shape index (κ2) is 4.77. The molecule has 2 aliphatic rings. The lowest BCUT2D eigenvalue weighted by molar-refractivity contribution is -0.132. The van der Waals surface area contributed by atoms with Crippen molar-refractivity contribution in [2.45, 2.75) is 44.7 Å². The SMILES string of the molecule is CCC(=O)N1CC2CCC(C)(C1)N2c1cc2ccccc2[nH]1. The van der Waals surface area contributed by atoms with E-state index in [2.05, 4.69) is 52.0 Å². The molecule has 4 heteroatoms. The van der Waals surface area contributed by atoms with E-state index >= 15 is 0 Å². The van der Waals surface area contributed by atoms with Crippen molar-refractivity contribution in [3.05, 3.63) is 30.3 Å². The van der Waals surface area contributed by atoms with Gasteiger partial charge in [0.1, 0.15) is 5.82 Å². The van der Waals surface area contributed by atoms with Gasteiger partial charge >= 0.3 is 0 Å². The van der Waals surface area contributed by atoms with Gasteiger partial charge in [-0.2, -0.15) is 0 Å². The Morgan fingerprint density at radius 1 is 1.41 bits per heavy atom. The molecule has 0 aliphatic carbocycles. The molecule has 116 valence electrons. The van der Waals surface area contributed by atoms with Crippen LogP contribution in [-0.2, 0) is 4.79 Å². The normalized spacial score (nSPS) is 27.6. The van der Waals surface area contributed by atoms with Crippen LogP contribution in [0.25, 0.3) is 10.9 Å². The van der Waals surface area contributed by atoms with Gasteiger partial charge in [-0.15, -0.1) is 0 Å². The zero-order valence-corrected chi connectivity index (χ0v) is 13.3. The molecule has 0 radical (unpaired) electrons. The lowest BCUT2D eigenvalue weighted by Crippen LogP contribution is -2.61. The maximum absolute atomic E-state index is 12.1. The minimum atomic E-state index is 0.0502. The fourth-order valence-corrected chi connectivity index (χ4v) is 4.32. The van der Waals surface area contributed by atoms with Crippen molar-refractivity contribution in [1.82, 2.24) is 9.88 Å². The first-order valence-electron chi connectivity index (χ1n) is 8.25. The fraction of sp³-hybridized carbons (Fsp3) is 0.500. The molecule has 4 nitrogen and oxygen atoms in total. The minimum absolute atomic E-state index is 0.0502. The Labute approximate surface area is 131 Å². The lowest BCUT2D eigenvalue weighted by atomic mass is 9.97. The second-order valence-electron chi connectivity index (χ2n) is 6.93. The van der Waals surface area contributed by atoms with Crippen LogP contribution in [0.4, 0.5) is 5.82 Å². The van der Waals surface area contributed by atoms with Gasteiger partial charge in [0.15, 0.2) is 0 Å². The Kier molecular flexibility index (Phi) is 2.96. The molecule has 2 bridgehead atoms. The van der Waals surface area contributed by atoms with Crippen molar-refractivity contribution in [2.75, 3.05) is 18.0 Å². The highest BCUT2D eigenvalue weighted by molar-refractivity contribution is 5.84. The Morgan fingerprint density at radius 3 is 2.95 bits per heavy atom. The van der Waals surface area contributed by atoms with Crippen molar-refractivity contribution >= 4 is 22.6 Å². The third-order valence-electron chi connectivity index (χ3n) is 5.36. The quantitative estimate of drug-likeness (QED) is 0.925. The summed E-state index contributed by atoms with van der Waals surface area (Å²) in [7, 11) is 0. The first-order chi connectivity index (χ1) is 10.6. The molecule has 0 spiro atoms. The molecule has 4 rings (SSSR count). The van der Waals surface area contributed by atoms with Crippen molar-refractivity contribution in [1.29, 1.82) is 0 Å². The number of nitrogens with zero attached hydrogens (tertiary/aromatic N) is 2. The highest BCUT2D eigenvalue weighted by Crippen LogP contribution is 2.42.